The number of aromatic nitrogens is 1. The Bertz CT molecular complexity index is 1900. The van der Waals surface area contributed by atoms with E-state index in [-0.39, 0.29) is 34.2 Å². The van der Waals surface area contributed by atoms with Crippen LogP contribution in [0.15, 0.2) is 80.1 Å². The maximum Gasteiger partial charge on any atom is 0.338 e. The van der Waals surface area contributed by atoms with Crippen molar-refractivity contribution in [3.05, 3.63) is 107 Å². The number of thiazole rings is 1. The highest BCUT2D eigenvalue weighted by Gasteiger charge is 2.34. The van der Waals surface area contributed by atoms with E-state index in [1.165, 1.54) is 17.7 Å². The summed E-state index contributed by atoms with van der Waals surface area (Å²) in [6.07, 6.45) is 1.19. The van der Waals surface area contributed by atoms with Crippen LogP contribution in [0.3, 0.4) is 0 Å². The molecule has 42 heavy (non-hydrogen) atoms. The molecule has 1 atom stereocenters. The number of furan rings is 1. The number of hydrogen-bond donors (Lipinski definition) is 0. The topological polar surface area (TPSA) is 135 Å². The minimum absolute atomic E-state index is 0.176. The van der Waals surface area contributed by atoms with E-state index in [9.17, 15) is 19.7 Å². The molecule has 0 spiro atoms. The van der Waals surface area contributed by atoms with Crippen molar-refractivity contribution in [1.82, 2.24) is 4.57 Å². The van der Waals surface area contributed by atoms with E-state index in [4.69, 9.17) is 18.6 Å². The van der Waals surface area contributed by atoms with Gasteiger partial charge < -0.3 is 18.6 Å². The first kappa shape index (κ1) is 28.6. The number of benzene rings is 2. The average Bonchev–Trinajstić information content (AvgIpc) is 3.55. The summed E-state index contributed by atoms with van der Waals surface area (Å²) >= 11 is 1.14. The summed E-state index contributed by atoms with van der Waals surface area (Å²) in [4.78, 5) is 43.2. The Morgan fingerprint density at radius 1 is 1.10 bits per heavy atom. The monoisotopic (exact) mass is 589 g/mol. The molecule has 11 nitrogen and oxygen atoms in total. The highest BCUT2D eigenvalue weighted by atomic mass is 32.1. The lowest BCUT2D eigenvalue weighted by molar-refractivity contribution is -0.384. The molecule has 0 bridgehead atoms. The van der Waals surface area contributed by atoms with Gasteiger partial charge in [-0.25, -0.2) is 9.79 Å². The Balaban J connectivity index is 1.62. The lowest BCUT2D eigenvalue weighted by Crippen LogP contribution is -2.40. The lowest BCUT2D eigenvalue weighted by atomic mass is 9.96. The number of nitrogens with zero attached hydrogens (tertiary/aromatic N) is 3. The van der Waals surface area contributed by atoms with Gasteiger partial charge in [-0.3, -0.25) is 19.5 Å². The number of allylic oxidation sites excluding steroid dienone is 1. The van der Waals surface area contributed by atoms with E-state index in [2.05, 4.69) is 4.99 Å². The van der Waals surface area contributed by atoms with Gasteiger partial charge in [-0.05, 0) is 62.7 Å². The number of nitro groups is 1. The Labute approximate surface area is 243 Å². The molecular formula is C30H27N3O8S. The number of rotatable bonds is 8. The number of methoxy groups -OCH3 is 2. The van der Waals surface area contributed by atoms with Crippen LogP contribution in [-0.2, 0) is 9.53 Å². The molecule has 0 N–H and O–H groups in total. The molecule has 0 saturated carbocycles. The molecule has 1 aliphatic heterocycles. The highest BCUT2D eigenvalue weighted by Crippen LogP contribution is 2.35. The number of carbonyl (C=O) groups is 1. The third kappa shape index (κ3) is 5.36. The Morgan fingerprint density at radius 3 is 2.43 bits per heavy atom. The normalized spacial score (nSPS) is 14.9. The fourth-order valence-electron chi connectivity index (χ4n) is 4.66. The predicted octanol–water partition coefficient (Wildman–Crippen LogP) is 4.37. The van der Waals surface area contributed by atoms with Crippen molar-refractivity contribution in [3.8, 4) is 22.8 Å². The first-order chi connectivity index (χ1) is 20.1. The van der Waals surface area contributed by atoms with Crippen molar-refractivity contribution in [3.63, 3.8) is 0 Å². The van der Waals surface area contributed by atoms with Crippen molar-refractivity contribution in [2.24, 2.45) is 4.99 Å². The van der Waals surface area contributed by atoms with Crippen LogP contribution in [0.2, 0.25) is 0 Å². The third-order valence-corrected chi connectivity index (χ3v) is 7.57. The number of esters is 1. The van der Waals surface area contributed by atoms with Gasteiger partial charge in [0.2, 0.25) is 0 Å². The van der Waals surface area contributed by atoms with Crippen LogP contribution >= 0.6 is 11.3 Å². The number of ether oxygens (including phenoxy) is 3. The standard InChI is InChI=1S/C30H27N3O8S/c1-16(2)40-29(35)26-17(3)31-30-32(27(26)18-6-8-19(38-4)9-7-18)28(34)25(42-30)15-21-11-13-24(41-21)22-12-10-20(39-5)14-23(22)33(36)37/h6-16,27H,1-5H3/b25-15-/t27-/m1/s1. The van der Waals surface area contributed by atoms with Crippen LogP contribution in [0.4, 0.5) is 5.69 Å². The zero-order valence-electron chi connectivity index (χ0n) is 23.4. The second-order valence-electron chi connectivity index (χ2n) is 9.65. The van der Waals surface area contributed by atoms with E-state index in [1.807, 2.05) is 0 Å². The molecule has 4 aromatic rings. The molecule has 1 aliphatic rings. The second-order valence-corrected chi connectivity index (χ2v) is 10.7. The summed E-state index contributed by atoms with van der Waals surface area (Å²) in [7, 11) is 2.98. The average molecular weight is 590 g/mol. The van der Waals surface area contributed by atoms with Crippen molar-refractivity contribution in [1.29, 1.82) is 0 Å². The van der Waals surface area contributed by atoms with Gasteiger partial charge in [0.25, 0.3) is 11.2 Å². The van der Waals surface area contributed by atoms with Gasteiger partial charge in [-0.1, -0.05) is 23.5 Å². The summed E-state index contributed by atoms with van der Waals surface area (Å²) in [6.45, 7) is 5.22. The second kappa shape index (κ2) is 11.5. The molecule has 3 heterocycles. The molecule has 0 unspecified atom stereocenters. The van der Waals surface area contributed by atoms with Crippen LogP contribution in [0.25, 0.3) is 17.4 Å². The van der Waals surface area contributed by atoms with Gasteiger partial charge in [0.05, 0.1) is 58.7 Å². The summed E-state index contributed by atoms with van der Waals surface area (Å²) in [5, 5.41) is 11.7. The van der Waals surface area contributed by atoms with Crippen LogP contribution < -0.4 is 24.4 Å². The molecule has 2 aromatic carbocycles. The predicted molar refractivity (Wildman–Crippen MR) is 155 cm³/mol. The van der Waals surface area contributed by atoms with Gasteiger partial charge in [0.15, 0.2) is 4.80 Å². The molecule has 0 amide bonds. The molecule has 0 fully saturated rings. The number of hydrogen-bond acceptors (Lipinski definition) is 10. The largest absolute Gasteiger partial charge is 0.497 e. The summed E-state index contributed by atoms with van der Waals surface area (Å²) in [6, 6.07) is 14.0. The maximum atomic E-state index is 13.9. The molecule has 0 aliphatic carbocycles. The zero-order chi connectivity index (χ0) is 30.1. The fourth-order valence-corrected chi connectivity index (χ4v) is 5.69. The van der Waals surface area contributed by atoms with Crippen LogP contribution in [0.5, 0.6) is 11.5 Å². The minimum atomic E-state index is -0.783. The van der Waals surface area contributed by atoms with Crippen LogP contribution in [-0.4, -0.2) is 35.8 Å². The molecule has 216 valence electrons. The van der Waals surface area contributed by atoms with E-state index in [1.54, 1.807) is 82.5 Å². The van der Waals surface area contributed by atoms with E-state index in [0.717, 1.165) is 11.3 Å². The molecule has 0 radical (unpaired) electrons. The Kier molecular flexibility index (Phi) is 7.81. The molecule has 12 heteroatoms. The fraction of sp³-hybridized carbons (Fsp3) is 0.233. The lowest BCUT2D eigenvalue weighted by Gasteiger charge is -2.25. The molecule has 2 aromatic heterocycles. The maximum absolute atomic E-state index is 13.9. The van der Waals surface area contributed by atoms with Crippen molar-refractivity contribution >= 4 is 29.1 Å². The number of carbonyl (C=O) groups excluding carboxylic acids is 1. The van der Waals surface area contributed by atoms with Gasteiger partial charge >= 0.3 is 5.97 Å². The quantitative estimate of drug-likeness (QED) is 0.168. The third-order valence-electron chi connectivity index (χ3n) is 6.58. The van der Waals surface area contributed by atoms with Crippen LogP contribution in [0, 0.1) is 10.1 Å². The molecule has 5 rings (SSSR count). The highest BCUT2D eigenvalue weighted by molar-refractivity contribution is 7.07. The first-order valence-electron chi connectivity index (χ1n) is 12.9. The first-order valence-corrected chi connectivity index (χ1v) is 13.7. The van der Waals surface area contributed by atoms with E-state index >= 15 is 0 Å². The number of nitro benzene ring substituents is 1. The zero-order valence-corrected chi connectivity index (χ0v) is 24.3. The summed E-state index contributed by atoms with van der Waals surface area (Å²) in [5.74, 6) is 0.990. The van der Waals surface area contributed by atoms with Crippen molar-refractivity contribution in [2.45, 2.75) is 32.9 Å². The smallest absolute Gasteiger partial charge is 0.338 e. The van der Waals surface area contributed by atoms with E-state index in [0.29, 0.717) is 37.9 Å². The SMILES string of the molecule is COc1ccc([C@@H]2C(C(=O)OC(C)C)=C(C)N=c3s/c(=C\c4ccc(-c5ccc(OC)cc5[N+](=O)[O-])o4)c(=O)n32)cc1. The van der Waals surface area contributed by atoms with Crippen molar-refractivity contribution < 1.29 is 28.3 Å². The Morgan fingerprint density at radius 2 is 1.79 bits per heavy atom. The van der Waals surface area contributed by atoms with Gasteiger partial charge in [0.1, 0.15) is 23.0 Å². The van der Waals surface area contributed by atoms with Crippen LogP contribution in [0.1, 0.15) is 38.1 Å². The van der Waals surface area contributed by atoms with E-state index < -0.39 is 16.9 Å². The molecule has 0 saturated heterocycles. The number of fused-ring (bicyclic) bond motifs is 1. The summed E-state index contributed by atoms with van der Waals surface area (Å²) < 4.78 is 23.6. The van der Waals surface area contributed by atoms with Gasteiger partial charge in [0, 0.05) is 6.08 Å². The summed E-state index contributed by atoms with van der Waals surface area (Å²) in [5.41, 5.74) is 1.10. The Hall–Kier alpha value is -4.97. The minimum Gasteiger partial charge on any atom is -0.497 e. The molecular weight excluding hydrogens is 562 g/mol. The van der Waals surface area contributed by atoms with Gasteiger partial charge in [-0.15, -0.1) is 0 Å². The van der Waals surface area contributed by atoms with Gasteiger partial charge in [-0.2, -0.15) is 0 Å². The van der Waals surface area contributed by atoms with Crippen molar-refractivity contribution in [2.75, 3.05) is 14.2 Å².